The van der Waals surface area contributed by atoms with Crippen LogP contribution in [0.25, 0.3) is 0 Å². The average molecular weight is 1510 g/mol. The molecule has 5 aliphatic heterocycles. The highest BCUT2D eigenvalue weighted by atomic mass is 16.6. The molecule has 590 valence electrons. The summed E-state index contributed by atoms with van der Waals surface area (Å²) in [5, 5.41) is 23.0. The van der Waals surface area contributed by atoms with Gasteiger partial charge in [0.25, 0.3) is 23.6 Å². The number of amides is 9. The third-order valence-electron chi connectivity index (χ3n) is 18.3. The molecule has 5 aliphatic rings. The molecule has 0 radical (unpaired) electrons. The maximum Gasteiger partial charge on any atom is 0.416 e. The molecule has 3 aromatic carbocycles. The van der Waals surface area contributed by atoms with Crippen LogP contribution in [-0.2, 0) is 78.0 Å². The van der Waals surface area contributed by atoms with Crippen LogP contribution in [0.5, 0.6) is 23.0 Å². The van der Waals surface area contributed by atoms with Gasteiger partial charge in [0.05, 0.1) is 155 Å². The van der Waals surface area contributed by atoms with E-state index in [0.717, 1.165) is 20.9 Å². The minimum Gasteiger partial charge on any atom is -0.493 e. The Morgan fingerprint density at radius 3 is 1.63 bits per heavy atom. The quantitative estimate of drug-likeness (QED) is 0.0335. The number of nitrogens with zero attached hydrogens (tertiary/aromatic N) is 5. The van der Waals surface area contributed by atoms with Crippen LogP contribution in [0.3, 0.4) is 0 Å². The number of fused-ring (bicyclic) bond motifs is 4. The summed E-state index contributed by atoms with van der Waals surface area (Å²) in [6.45, 7) is 21.5. The van der Waals surface area contributed by atoms with Crippen LogP contribution in [0, 0.1) is 5.92 Å². The summed E-state index contributed by atoms with van der Waals surface area (Å²) in [5.74, 6) is -2.85. The van der Waals surface area contributed by atoms with Crippen LogP contribution >= 0.6 is 0 Å². The molecule has 0 unspecified atom stereocenters. The number of aliphatic imine (C=N–C) groups is 1. The SMILES string of the molecule is COc1cc2c(cc1OC(C)(C)C(C)(C)Oc1cc3c(cc1OC)C(=O)N1C=C(C)C[C@H]1[C@H](O)N3C(=O)OCc1ccc(NC(=O)[C@H](C)NC(=O)[C@@H](NC(=O)CCOCCOCCOCCOCCOCCOCCOCCOCCNC(=O)CCN3C(=O)C=CC3=O)C(C)C)cc1)N=C[C@@H]1CC(C)=CN1C2=O. The minimum absolute atomic E-state index is 0.0119. The molecule has 0 bridgehead atoms. The molecule has 5 heterocycles. The first-order valence-corrected chi connectivity index (χ1v) is 36.1. The number of carbonyl (C=O) groups is 9. The van der Waals surface area contributed by atoms with Gasteiger partial charge < -0.3 is 97.8 Å². The molecule has 8 rings (SSSR count). The fourth-order valence-corrected chi connectivity index (χ4v) is 11.7. The third kappa shape index (κ3) is 23.6. The number of benzene rings is 3. The van der Waals surface area contributed by atoms with Crippen LogP contribution in [-0.4, -0.2) is 254 Å². The number of imide groups is 1. The summed E-state index contributed by atoms with van der Waals surface area (Å²) < 4.78 is 75.1. The Kier molecular flexibility index (Phi) is 31.8. The Balaban J connectivity index is 0.686. The molecule has 3 aromatic rings. The predicted molar refractivity (Wildman–Crippen MR) is 393 cm³/mol. The van der Waals surface area contributed by atoms with Gasteiger partial charge in [-0.25, -0.2) is 9.69 Å². The van der Waals surface area contributed by atoms with Crippen molar-refractivity contribution in [3.63, 3.8) is 0 Å². The third-order valence-corrected chi connectivity index (χ3v) is 18.3. The zero-order valence-corrected chi connectivity index (χ0v) is 63.4. The standard InChI is InChI=1S/C76H103N9O23/c1-48(2)68(81-65(87)19-22-98-24-26-100-28-30-102-32-34-104-36-37-105-35-33-103-31-29-101-27-25-99-23-20-77-64(86)18-21-82-66(88)16-17-67(82)89)70(91)79-51(5)69(90)80-53-14-12-52(13-15-53)47-106-74(95)85-58-43-63(61(97-11)41-56(58)72(93)84-46-50(4)39-59(84)73(85)94)108-76(8,9)75(6,7)107-62-42-57-55(40-60(62)96-10)71(92)83-45-49(3)38-54(83)44-78-57/h12-17,40-46,48,51,54,59,68,73,94H,18-39,47H2,1-11H3,(H,77,86)(H,79,91)(H,80,90)(H,81,87)/t51-,54-,59-,68-,73-/m0/s1. The molecule has 0 aliphatic carbocycles. The molecule has 5 atom stereocenters. The summed E-state index contributed by atoms with van der Waals surface area (Å²) in [6.07, 6.45) is 5.95. The first kappa shape index (κ1) is 84.2. The van der Waals surface area contributed by atoms with E-state index in [1.54, 1.807) is 95.3 Å². The highest BCUT2D eigenvalue weighted by Gasteiger charge is 2.48. The van der Waals surface area contributed by atoms with Crippen LogP contribution in [0.1, 0.15) is 114 Å². The topological polar surface area (TPSA) is 367 Å². The van der Waals surface area contributed by atoms with Gasteiger partial charge in [0.1, 0.15) is 29.9 Å². The number of aliphatic hydroxyl groups is 1. The molecule has 0 spiro atoms. The van der Waals surface area contributed by atoms with E-state index in [1.165, 1.54) is 50.3 Å². The molecule has 32 heteroatoms. The summed E-state index contributed by atoms with van der Waals surface area (Å²) in [5.41, 5.74) is 1.08. The van der Waals surface area contributed by atoms with E-state index in [9.17, 15) is 48.3 Å². The van der Waals surface area contributed by atoms with Crippen molar-refractivity contribution in [2.24, 2.45) is 10.9 Å². The van der Waals surface area contributed by atoms with Gasteiger partial charge in [-0.3, -0.25) is 48.2 Å². The zero-order valence-electron chi connectivity index (χ0n) is 63.4. The summed E-state index contributed by atoms with van der Waals surface area (Å²) in [6, 6.07) is 9.55. The lowest BCUT2D eigenvalue weighted by Crippen LogP contribution is -2.53. The van der Waals surface area contributed by atoms with E-state index >= 15 is 0 Å². The van der Waals surface area contributed by atoms with E-state index in [1.807, 2.05) is 20.0 Å². The summed E-state index contributed by atoms with van der Waals surface area (Å²) >= 11 is 0. The Morgan fingerprint density at radius 1 is 0.583 bits per heavy atom. The molecule has 9 amide bonds. The number of anilines is 2. The number of hydrogen-bond acceptors (Lipinski definition) is 24. The lowest BCUT2D eigenvalue weighted by atomic mass is 9.88. The van der Waals surface area contributed by atoms with Gasteiger partial charge in [-0.05, 0) is 97.1 Å². The van der Waals surface area contributed by atoms with Crippen LogP contribution in [0.15, 0.2) is 89.2 Å². The Bertz CT molecular complexity index is 3750. The summed E-state index contributed by atoms with van der Waals surface area (Å²) in [7, 11) is 2.89. The highest BCUT2D eigenvalue weighted by molar-refractivity contribution is 6.13. The van der Waals surface area contributed by atoms with Crippen molar-refractivity contribution in [1.82, 2.24) is 30.7 Å². The molecule has 0 aromatic heterocycles. The van der Waals surface area contributed by atoms with Gasteiger partial charge in [0.15, 0.2) is 29.2 Å². The second kappa shape index (κ2) is 40.7. The maximum atomic E-state index is 14.5. The van der Waals surface area contributed by atoms with Crippen molar-refractivity contribution in [1.29, 1.82) is 0 Å². The molecule has 0 fully saturated rings. The van der Waals surface area contributed by atoms with E-state index in [4.69, 9.17) is 61.6 Å². The molecular formula is C76H103N9O23. The highest BCUT2D eigenvalue weighted by Crippen LogP contribution is 2.46. The molecule has 32 nitrogen and oxygen atoms in total. The van der Waals surface area contributed by atoms with Gasteiger partial charge in [-0.1, -0.05) is 37.1 Å². The summed E-state index contributed by atoms with van der Waals surface area (Å²) in [4.78, 5) is 127. The normalized spacial score (nSPS) is 17.3. The fraction of sp³-hybridized carbons (Fsp3) is 0.553. The number of aliphatic hydroxyl groups excluding tert-OH is 1. The monoisotopic (exact) mass is 1510 g/mol. The Morgan fingerprint density at radius 2 is 1.08 bits per heavy atom. The van der Waals surface area contributed by atoms with Crippen molar-refractivity contribution in [3.05, 3.63) is 101 Å². The van der Waals surface area contributed by atoms with Crippen LogP contribution < -0.4 is 45.1 Å². The fourth-order valence-electron chi connectivity index (χ4n) is 11.7. The number of carbonyl (C=O) groups excluding carboxylic acids is 9. The molecule has 5 N–H and O–H groups in total. The van der Waals surface area contributed by atoms with E-state index in [0.29, 0.717) is 133 Å². The van der Waals surface area contributed by atoms with Gasteiger partial charge >= 0.3 is 6.09 Å². The van der Waals surface area contributed by atoms with Crippen LogP contribution in [0.2, 0.25) is 0 Å². The molecule has 0 saturated carbocycles. The van der Waals surface area contributed by atoms with Gasteiger partial charge in [-0.15, -0.1) is 0 Å². The van der Waals surface area contributed by atoms with Crippen molar-refractivity contribution >= 4 is 76.6 Å². The van der Waals surface area contributed by atoms with Crippen molar-refractivity contribution in [3.8, 4) is 23.0 Å². The van der Waals surface area contributed by atoms with Gasteiger partial charge in [0, 0.05) is 74.5 Å². The number of hydrogen-bond donors (Lipinski definition) is 5. The smallest absolute Gasteiger partial charge is 0.416 e. The van der Waals surface area contributed by atoms with Gasteiger partial charge in [0.2, 0.25) is 23.6 Å². The number of nitrogens with one attached hydrogen (secondary N) is 4. The second-order valence-electron chi connectivity index (χ2n) is 27.4. The largest absolute Gasteiger partial charge is 0.493 e. The molecule has 108 heavy (non-hydrogen) atoms. The predicted octanol–water partition coefficient (Wildman–Crippen LogP) is 5.68. The van der Waals surface area contributed by atoms with Gasteiger partial charge in [-0.2, -0.15) is 0 Å². The zero-order chi connectivity index (χ0) is 78.1. The van der Waals surface area contributed by atoms with E-state index in [-0.39, 0.29) is 98.8 Å². The average Bonchev–Trinajstić information content (AvgIpc) is 1.32. The number of ether oxygens (including phenoxy) is 13. The molecular weight excluding hydrogens is 1410 g/mol. The van der Waals surface area contributed by atoms with Crippen molar-refractivity contribution < 1.29 is 110 Å². The first-order chi connectivity index (χ1) is 51.7. The second-order valence-corrected chi connectivity index (χ2v) is 27.4. The number of rotatable bonds is 45. The maximum absolute atomic E-state index is 14.5. The van der Waals surface area contributed by atoms with Crippen molar-refractivity contribution in [2.75, 3.05) is 143 Å². The Labute approximate surface area is 628 Å². The Hall–Kier alpha value is -9.38. The van der Waals surface area contributed by atoms with E-state index in [2.05, 4.69) is 26.3 Å². The van der Waals surface area contributed by atoms with Crippen LogP contribution in [0.4, 0.5) is 21.9 Å². The molecule has 0 saturated heterocycles. The minimum atomic E-state index is -1.59. The number of methoxy groups -OCH3 is 2. The lowest BCUT2D eigenvalue weighted by molar-refractivity contribution is -0.137. The first-order valence-electron chi connectivity index (χ1n) is 36.1. The van der Waals surface area contributed by atoms with Crippen molar-refractivity contribution in [2.45, 2.75) is 136 Å². The van der Waals surface area contributed by atoms with E-state index < -0.39 is 77.1 Å². The lowest BCUT2D eigenvalue weighted by Gasteiger charge is -2.42.